The van der Waals surface area contributed by atoms with Crippen molar-refractivity contribution >= 4 is 51.7 Å². The van der Waals surface area contributed by atoms with E-state index in [2.05, 4.69) is 10.3 Å². The van der Waals surface area contributed by atoms with Gasteiger partial charge in [0.25, 0.3) is 5.56 Å². The number of hydrogen-bond donors (Lipinski definition) is 2. The Hall–Kier alpha value is -3.45. The number of carbonyl (C=O) groups excluding carboxylic acids is 1. The van der Waals surface area contributed by atoms with E-state index in [0.29, 0.717) is 40.4 Å². The van der Waals surface area contributed by atoms with Gasteiger partial charge in [-0.1, -0.05) is 23.7 Å². The average molecular weight is 410 g/mol. The van der Waals surface area contributed by atoms with Crippen LogP contribution in [0.3, 0.4) is 0 Å². The van der Waals surface area contributed by atoms with Crippen molar-refractivity contribution in [2.75, 3.05) is 5.32 Å². The van der Waals surface area contributed by atoms with Gasteiger partial charge in [0.15, 0.2) is 0 Å². The molecule has 0 radical (unpaired) electrons. The highest BCUT2D eigenvalue weighted by Crippen LogP contribution is 2.28. The van der Waals surface area contributed by atoms with Gasteiger partial charge in [0, 0.05) is 17.3 Å². The molecular weight excluding hydrogens is 394 g/mol. The number of allylic oxidation sites excluding steroid dienone is 1. The standard InChI is InChI=1S/C21H16ClN3O4/c22-14-3-1-12(2-4-14)9-13-7-8-25-20(13)24-17-10-15(5-6-16(17)21(25)29)23-18(26)11-19(27)28/h1-6,9-10H,7-8,11H2,(H,23,26)(H,27,28)/b13-9+. The van der Waals surface area contributed by atoms with Crippen LogP contribution in [0.1, 0.15) is 24.2 Å². The summed E-state index contributed by atoms with van der Waals surface area (Å²) in [6.45, 7) is 0.549. The molecule has 2 heterocycles. The van der Waals surface area contributed by atoms with Gasteiger partial charge in [0.1, 0.15) is 12.2 Å². The second kappa shape index (κ2) is 7.52. The molecule has 146 valence electrons. The lowest BCUT2D eigenvalue weighted by Crippen LogP contribution is -2.21. The van der Waals surface area contributed by atoms with Gasteiger partial charge in [0.2, 0.25) is 5.91 Å². The van der Waals surface area contributed by atoms with Gasteiger partial charge in [-0.3, -0.25) is 19.0 Å². The summed E-state index contributed by atoms with van der Waals surface area (Å²) in [6, 6.07) is 12.1. The maximum atomic E-state index is 12.9. The van der Waals surface area contributed by atoms with E-state index >= 15 is 0 Å². The number of nitrogens with one attached hydrogen (secondary N) is 1. The van der Waals surface area contributed by atoms with Gasteiger partial charge in [0.05, 0.1) is 10.9 Å². The first-order valence-electron chi connectivity index (χ1n) is 8.93. The molecule has 1 amide bonds. The molecule has 8 heteroatoms. The fourth-order valence-electron chi connectivity index (χ4n) is 3.33. The maximum absolute atomic E-state index is 12.9. The molecule has 7 nitrogen and oxygen atoms in total. The van der Waals surface area contributed by atoms with E-state index < -0.39 is 18.3 Å². The first-order valence-corrected chi connectivity index (χ1v) is 9.31. The van der Waals surface area contributed by atoms with E-state index in [0.717, 1.165) is 11.1 Å². The molecule has 2 N–H and O–H groups in total. The lowest BCUT2D eigenvalue weighted by Gasteiger charge is -2.08. The summed E-state index contributed by atoms with van der Waals surface area (Å²) in [7, 11) is 0. The molecule has 2 aromatic carbocycles. The van der Waals surface area contributed by atoms with Gasteiger partial charge in [-0.25, -0.2) is 4.98 Å². The van der Waals surface area contributed by atoms with Crippen molar-refractivity contribution in [2.24, 2.45) is 0 Å². The molecule has 0 spiro atoms. The Morgan fingerprint density at radius 2 is 1.97 bits per heavy atom. The summed E-state index contributed by atoms with van der Waals surface area (Å²) in [5, 5.41) is 12.3. The second-order valence-electron chi connectivity index (χ2n) is 6.71. The number of hydrogen-bond acceptors (Lipinski definition) is 4. The Labute approximate surface area is 170 Å². The lowest BCUT2D eigenvalue weighted by atomic mass is 10.1. The molecule has 4 rings (SSSR count). The molecule has 0 unspecified atom stereocenters. The van der Waals surface area contributed by atoms with Crippen LogP contribution in [0.5, 0.6) is 0 Å². The summed E-state index contributed by atoms with van der Waals surface area (Å²) in [5.74, 6) is -1.26. The van der Waals surface area contributed by atoms with Gasteiger partial charge < -0.3 is 10.4 Å². The number of fused-ring (bicyclic) bond motifs is 2. The number of carbonyl (C=O) groups is 2. The number of aromatic nitrogens is 2. The number of rotatable bonds is 4. The summed E-state index contributed by atoms with van der Waals surface area (Å²) < 4.78 is 1.65. The van der Waals surface area contributed by atoms with Crippen LogP contribution in [0.25, 0.3) is 22.6 Å². The van der Waals surface area contributed by atoms with Crippen LogP contribution in [0.4, 0.5) is 5.69 Å². The number of nitrogens with zero attached hydrogens (tertiary/aromatic N) is 2. The maximum Gasteiger partial charge on any atom is 0.312 e. The first kappa shape index (κ1) is 18.9. The molecule has 0 aliphatic carbocycles. The van der Waals surface area contributed by atoms with Crippen molar-refractivity contribution in [3.8, 4) is 0 Å². The lowest BCUT2D eigenvalue weighted by molar-refractivity contribution is -0.139. The zero-order chi connectivity index (χ0) is 20.5. The third-order valence-corrected chi connectivity index (χ3v) is 4.91. The monoisotopic (exact) mass is 409 g/mol. The van der Waals surface area contributed by atoms with Gasteiger partial charge in [-0.05, 0) is 54.0 Å². The quantitative estimate of drug-likeness (QED) is 0.643. The van der Waals surface area contributed by atoms with E-state index in [4.69, 9.17) is 16.7 Å². The minimum absolute atomic E-state index is 0.145. The van der Waals surface area contributed by atoms with Crippen LogP contribution in [0.15, 0.2) is 47.3 Å². The smallest absolute Gasteiger partial charge is 0.312 e. The van der Waals surface area contributed by atoms with Crippen molar-refractivity contribution < 1.29 is 14.7 Å². The number of carboxylic acid groups (broad SMARTS) is 1. The zero-order valence-electron chi connectivity index (χ0n) is 15.2. The third-order valence-electron chi connectivity index (χ3n) is 4.65. The van der Waals surface area contributed by atoms with Crippen molar-refractivity contribution in [3.63, 3.8) is 0 Å². The van der Waals surface area contributed by atoms with Crippen LogP contribution < -0.4 is 10.9 Å². The van der Waals surface area contributed by atoms with Gasteiger partial charge in [-0.2, -0.15) is 0 Å². The third kappa shape index (κ3) is 3.90. The number of halogens is 1. The molecule has 0 saturated heterocycles. The molecule has 3 aromatic rings. The SMILES string of the molecule is O=C(O)CC(=O)Nc1ccc2c(=O)n3c(nc2c1)/C(=C/c1ccc(Cl)cc1)CC3. The normalized spacial score (nSPS) is 14.2. The van der Waals surface area contributed by atoms with E-state index in [1.54, 1.807) is 34.9 Å². The van der Waals surface area contributed by atoms with Gasteiger partial charge >= 0.3 is 5.97 Å². The molecule has 29 heavy (non-hydrogen) atoms. The Morgan fingerprint density at radius 3 is 2.69 bits per heavy atom. The van der Waals surface area contributed by atoms with Crippen molar-refractivity contribution in [3.05, 3.63) is 69.2 Å². The van der Waals surface area contributed by atoms with Crippen LogP contribution in [-0.2, 0) is 16.1 Å². The van der Waals surface area contributed by atoms with Gasteiger partial charge in [-0.15, -0.1) is 0 Å². The first-order chi connectivity index (χ1) is 13.9. The molecule has 1 aliphatic heterocycles. The highest BCUT2D eigenvalue weighted by Gasteiger charge is 2.21. The Bertz CT molecular complexity index is 1230. The number of benzene rings is 2. The predicted molar refractivity (Wildman–Crippen MR) is 111 cm³/mol. The summed E-state index contributed by atoms with van der Waals surface area (Å²) in [4.78, 5) is 39.9. The molecule has 1 aromatic heterocycles. The molecule has 0 saturated carbocycles. The van der Waals surface area contributed by atoms with Crippen LogP contribution in [0, 0.1) is 0 Å². The van der Waals surface area contributed by atoms with Crippen molar-refractivity contribution in [1.29, 1.82) is 0 Å². The number of aliphatic carboxylic acids is 1. The Kier molecular flexibility index (Phi) is 4.90. The predicted octanol–water partition coefficient (Wildman–Crippen LogP) is 3.41. The van der Waals surface area contributed by atoms with Crippen molar-refractivity contribution in [1.82, 2.24) is 9.55 Å². The number of amides is 1. The topological polar surface area (TPSA) is 101 Å². The molecule has 0 atom stereocenters. The minimum atomic E-state index is -1.21. The summed E-state index contributed by atoms with van der Waals surface area (Å²) in [6.07, 6.45) is 2.03. The van der Waals surface area contributed by atoms with E-state index in [9.17, 15) is 14.4 Å². The summed E-state index contributed by atoms with van der Waals surface area (Å²) >= 11 is 5.93. The zero-order valence-corrected chi connectivity index (χ0v) is 15.9. The minimum Gasteiger partial charge on any atom is -0.481 e. The van der Waals surface area contributed by atoms with Crippen LogP contribution >= 0.6 is 11.6 Å². The largest absolute Gasteiger partial charge is 0.481 e. The Balaban J connectivity index is 1.73. The molecular formula is C21H16ClN3O4. The van der Waals surface area contributed by atoms with E-state index in [-0.39, 0.29) is 5.56 Å². The fraction of sp³-hybridized carbons (Fsp3) is 0.143. The Morgan fingerprint density at radius 1 is 1.21 bits per heavy atom. The van der Waals surface area contributed by atoms with Crippen molar-refractivity contribution in [2.45, 2.75) is 19.4 Å². The molecule has 1 aliphatic rings. The number of carboxylic acids is 1. The molecule has 0 fully saturated rings. The van der Waals surface area contributed by atoms with Crippen LogP contribution in [0.2, 0.25) is 5.02 Å². The van der Waals surface area contributed by atoms with E-state index in [1.807, 2.05) is 18.2 Å². The van der Waals surface area contributed by atoms with Crippen LogP contribution in [-0.4, -0.2) is 26.5 Å². The fourth-order valence-corrected chi connectivity index (χ4v) is 3.46. The second-order valence-corrected chi connectivity index (χ2v) is 7.15. The highest BCUT2D eigenvalue weighted by atomic mass is 35.5. The highest BCUT2D eigenvalue weighted by molar-refractivity contribution is 6.30. The average Bonchev–Trinajstić information content (AvgIpc) is 3.06. The molecule has 0 bridgehead atoms. The van der Waals surface area contributed by atoms with E-state index in [1.165, 1.54) is 0 Å². The summed E-state index contributed by atoms with van der Waals surface area (Å²) in [5.41, 5.74) is 2.58. The number of anilines is 1.